The molecule has 1 aromatic carbocycles. The zero-order valence-corrected chi connectivity index (χ0v) is 16.4. The number of nitrogens with zero attached hydrogens (tertiary/aromatic N) is 1. The summed E-state index contributed by atoms with van der Waals surface area (Å²) in [6, 6.07) is 3.84. The Hall–Kier alpha value is -1.48. The van der Waals surface area contributed by atoms with Crippen LogP contribution in [0.15, 0.2) is 23.4 Å². The zero-order chi connectivity index (χ0) is 20.1. The Balaban J connectivity index is 2.23. The van der Waals surface area contributed by atoms with Crippen molar-refractivity contribution in [3.05, 3.63) is 28.8 Å². The number of oxime groups is 1. The van der Waals surface area contributed by atoms with Crippen LogP contribution in [0.25, 0.3) is 0 Å². The molecule has 0 atom stereocenters. The third-order valence-electron chi connectivity index (χ3n) is 4.39. The van der Waals surface area contributed by atoms with Crippen LogP contribution in [0, 0.1) is 5.92 Å². The molecular weight excluding hydrogens is 405 g/mol. The van der Waals surface area contributed by atoms with Crippen molar-refractivity contribution in [2.24, 2.45) is 11.1 Å². The van der Waals surface area contributed by atoms with Crippen LogP contribution in [0.3, 0.4) is 0 Å². The van der Waals surface area contributed by atoms with Crippen LogP contribution >= 0.6 is 11.6 Å². The maximum Gasteiger partial charge on any atom is 0.516 e. The van der Waals surface area contributed by atoms with Crippen molar-refractivity contribution in [1.29, 1.82) is 0 Å². The lowest BCUT2D eigenvalue weighted by molar-refractivity contribution is -0.0429. The molecule has 0 aliphatic heterocycles. The van der Waals surface area contributed by atoms with Crippen molar-refractivity contribution < 1.29 is 26.4 Å². The average Bonchev–Trinajstić information content (AvgIpc) is 2.60. The van der Waals surface area contributed by atoms with Gasteiger partial charge in [-0.3, -0.25) is 4.72 Å². The van der Waals surface area contributed by atoms with Gasteiger partial charge in [0.1, 0.15) is 6.61 Å². The lowest BCUT2D eigenvalue weighted by Crippen LogP contribution is -2.30. The summed E-state index contributed by atoms with van der Waals surface area (Å²) in [5, 5.41) is 4.29. The van der Waals surface area contributed by atoms with Gasteiger partial charge < -0.3 is 4.84 Å². The Labute approximate surface area is 162 Å². The minimum atomic E-state index is -5.55. The molecule has 0 unspecified atom stereocenters. The maximum atomic E-state index is 12.7. The first kappa shape index (κ1) is 21.8. The fourth-order valence-electron chi connectivity index (χ4n) is 2.93. The lowest BCUT2D eigenvalue weighted by atomic mass is 9.90. The number of nitrogens with one attached hydrogen (secondary N) is 1. The Kier molecular flexibility index (Phi) is 7.39. The summed E-state index contributed by atoms with van der Waals surface area (Å²) < 4.78 is 62.5. The molecule has 0 saturated heterocycles. The molecule has 1 aliphatic rings. The van der Waals surface area contributed by atoms with Crippen LogP contribution in [-0.4, -0.2) is 26.2 Å². The highest BCUT2D eigenvalue weighted by atomic mass is 35.5. The number of hydrogen-bond donors (Lipinski definition) is 1. The second-order valence-corrected chi connectivity index (χ2v) is 8.54. The van der Waals surface area contributed by atoms with Crippen molar-refractivity contribution in [3.63, 3.8) is 0 Å². The van der Waals surface area contributed by atoms with Crippen LogP contribution in [0.2, 0.25) is 5.02 Å². The quantitative estimate of drug-likeness (QED) is 0.474. The van der Waals surface area contributed by atoms with E-state index < -0.39 is 15.5 Å². The second kappa shape index (κ2) is 9.14. The molecule has 0 bridgehead atoms. The zero-order valence-electron chi connectivity index (χ0n) is 14.9. The first-order valence-electron chi connectivity index (χ1n) is 8.72. The molecule has 1 N–H and O–H groups in total. The smallest absolute Gasteiger partial charge is 0.395 e. The minimum absolute atomic E-state index is 0.154. The van der Waals surface area contributed by atoms with E-state index in [1.54, 1.807) is 11.6 Å². The molecule has 152 valence electrons. The van der Waals surface area contributed by atoms with Gasteiger partial charge >= 0.3 is 15.5 Å². The van der Waals surface area contributed by atoms with Crippen LogP contribution in [-0.2, 0) is 14.9 Å². The van der Waals surface area contributed by atoms with Crippen LogP contribution < -0.4 is 4.72 Å². The fraction of sp³-hybridized carbons (Fsp3) is 0.588. The fourth-order valence-corrected chi connectivity index (χ4v) is 3.68. The number of anilines is 1. The van der Waals surface area contributed by atoms with E-state index in [2.05, 4.69) is 5.16 Å². The van der Waals surface area contributed by atoms with Gasteiger partial charge in [0.15, 0.2) is 0 Å². The van der Waals surface area contributed by atoms with E-state index >= 15 is 0 Å². The van der Waals surface area contributed by atoms with Gasteiger partial charge in [0.05, 0.1) is 11.4 Å². The van der Waals surface area contributed by atoms with Crippen LogP contribution in [0.5, 0.6) is 0 Å². The summed E-state index contributed by atoms with van der Waals surface area (Å²) in [4.78, 5) is 5.42. The van der Waals surface area contributed by atoms with E-state index in [9.17, 15) is 21.6 Å². The first-order chi connectivity index (χ1) is 12.6. The van der Waals surface area contributed by atoms with Crippen LogP contribution in [0.1, 0.15) is 51.0 Å². The van der Waals surface area contributed by atoms with Gasteiger partial charge in [0.2, 0.25) is 0 Å². The van der Waals surface area contributed by atoms with E-state index in [-0.39, 0.29) is 16.3 Å². The predicted octanol–water partition coefficient (Wildman–Crippen LogP) is 5.31. The van der Waals surface area contributed by atoms with Gasteiger partial charge in [-0.2, -0.15) is 21.6 Å². The predicted molar refractivity (Wildman–Crippen MR) is 99.4 cm³/mol. The van der Waals surface area contributed by atoms with Gasteiger partial charge in [-0.05, 0) is 43.4 Å². The third kappa shape index (κ3) is 6.00. The number of hydrogen-bond acceptors (Lipinski definition) is 4. The van der Waals surface area contributed by atoms with Gasteiger partial charge in [0.25, 0.3) is 0 Å². The Bertz CT molecular complexity index is 776. The molecule has 0 amide bonds. The third-order valence-corrected chi connectivity index (χ3v) is 5.72. The molecule has 27 heavy (non-hydrogen) atoms. The highest BCUT2D eigenvalue weighted by molar-refractivity contribution is 7.93. The summed E-state index contributed by atoms with van der Waals surface area (Å²) in [6.45, 7) is 2.17. The molecule has 0 radical (unpaired) electrons. The summed E-state index contributed by atoms with van der Waals surface area (Å²) >= 11 is 5.94. The maximum absolute atomic E-state index is 12.7. The second-order valence-electron chi connectivity index (χ2n) is 6.43. The highest BCUT2D eigenvalue weighted by Gasteiger charge is 2.46. The van der Waals surface area contributed by atoms with E-state index in [1.165, 1.54) is 24.6 Å². The molecule has 0 heterocycles. The highest BCUT2D eigenvalue weighted by Crippen LogP contribution is 2.29. The number of halogens is 4. The molecule has 1 aliphatic carbocycles. The largest absolute Gasteiger partial charge is 0.516 e. The summed E-state index contributed by atoms with van der Waals surface area (Å²) in [5.74, 6) is 0.406. The van der Waals surface area contributed by atoms with E-state index in [4.69, 9.17) is 16.4 Å². The molecule has 0 spiro atoms. The molecule has 2 rings (SSSR count). The van der Waals surface area contributed by atoms with Crippen molar-refractivity contribution in [3.8, 4) is 0 Å². The SMILES string of the molecule is CC/C(=N/OCC1CCCCC1)c1cc(Cl)ccc1NS(=O)(=O)C(F)(F)F. The Morgan fingerprint density at radius 2 is 1.96 bits per heavy atom. The normalized spacial score (nSPS) is 17.0. The molecule has 1 saturated carbocycles. The molecule has 1 fully saturated rings. The van der Waals surface area contributed by atoms with Crippen molar-refractivity contribution in [2.75, 3.05) is 11.3 Å². The first-order valence-corrected chi connectivity index (χ1v) is 10.6. The summed E-state index contributed by atoms with van der Waals surface area (Å²) in [7, 11) is -5.55. The van der Waals surface area contributed by atoms with E-state index in [1.807, 2.05) is 0 Å². The number of benzene rings is 1. The van der Waals surface area contributed by atoms with E-state index in [0.29, 0.717) is 24.7 Å². The van der Waals surface area contributed by atoms with E-state index in [0.717, 1.165) is 25.7 Å². The number of sulfonamides is 1. The molecular formula is C17H22ClF3N2O3S. The summed E-state index contributed by atoms with van der Waals surface area (Å²) in [5.41, 5.74) is -5.21. The number of alkyl halides is 3. The van der Waals surface area contributed by atoms with Gasteiger partial charge in [-0.15, -0.1) is 0 Å². The Morgan fingerprint density at radius 3 is 2.56 bits per heavy atom. The minimum Gasteiger partial charge on any atom is -0.395 e. The molecule has 1 aromatic rings. The molecule has 10 heteroatoms. The average molecular weight is 427 g/mol. The number of rotatable bonds is 7. The van der Waals surface area contributed by atoms with Crippen molar-refractivity contribution in [1.82, 2.24) is 0 Å². The van der Waals surface area contributed by atoms with Gasteiger partial charge in [0, 0.05) is 10.6 Å². The van der Waals surface area contributed by atoms with Gasteiger partial charge in [-0.25, -0.2) is 0 Å². The topological polar surface area (TPSA) is 67.8 Å². The molecule has 0 aromatic heterocycles. The lowest BCUT2D eigenvalue weighted by Gasteiger charge is -2.20. The summed E-state index contributed by atoms with van der Waals surface area (Å²) in [6.07, 6.45) is 5.96. The monoisotopic (exact) mass is 426 g/mol. The van der Waals surface area contributed by atoms with Gasteiger partial charge in [-0.1, -0.05) is 42.9 Å². The van der Waals surface area contributed by atoms with Crippen molar-refractivity contribution >= 4 is 33.0 Å². The van der Waals surface area contributed by atoms with Crippen molar-refractivity contribution in [2.45, 2.75) is 51.0 Å². The van der Waals surface area contributed by atoms with Crippen LogP contribution in [0.4, 0.5) is 18.9 Å². The molecule has 5 nitrogen and oxygen atoms in total. The standard InChI is InChI=1S/C17H22ClF3N2O3S/c1-2-15(22-26-11-12-6-4-3-5-7-12)14-10-13(18)8-9-16(14)23-27(24,25)17(19,20)21/h8-10,12,23H,2-7,11H2,1H3/b22-15-. The Morgan fingerprint density at radius 1 is 1.30 bits per heavy atom.